The highest BCUT2D eigenvalue weighted by Gasteiger charge is 2.20. The largest absolute Gasteiger partial charge is 0.465 e. The molecule has 0 aliphatic carbocycles. The summed E-state index contributed by atoms with van der Waals surface area (Å²) in [5, 5.41) is 23.1. The maximum atomic E-state index is 12.4. The minimum absolute atomic E-state index is 0.0388. The number of aliphatic hydroxyl groups excluding tert-OH is 2. The molecule has 0 fully saturated rings. The zero-order valence-electron chi connectivity index (χ0n) is 43.5. The number of amides is 1. The van der Waals surface area contributed by atoms with Gasteiger partial charge in [-0.1, -0.05) is 256 Å². The first kappa shape index (κ1) is 63.1. The lowest BCUT2D eigenvalue weighted by Crippen LogP contribution is -2.45. The molecular weight excluding hydrogens is 803 g/mol. The Labute approximate surface area is 404 Å². The van der Waals surface area contributed by atoms with Crippen molar-refractivity contribution in [1.29, 1.82) is 0 Å². The summed E-state index contributed by atoms with van der Waals surface area (Å²) in [6, 6.07) is -0.544. The lowest BCUT2D eigenvalue weighted by Gasteiger charge is -2.22. The normalized spacial score (nSPS) is 12.9. The number of unbranched alkanes of at least 4 members (excludes halogenated alkanes) is 36. The molecule has 0 radical (unpaired) electrons. The molecule has 0 saturated heterocycles. The summed E-state index contributed by atoms with van der Waals surface area (Å²) in [6.45, 7) is 4.83. The number of hydrogen-bond donors (Lipinski definition) is 3. The van der Waals surface area contributed by atoms with E-state index in [1.165, 1.54) is 218 Å². The van der Waals surface area contributed by atoms with Crippen LogP contribution in [-0.2, 0) is 14.3 Å². The highest BCUT2D eigenvalue weighted by molar-refractivity contribution is 5.76. The molecule has 0 aromatic carbocycles. The van der Waals surface area contributed by atoms with Crippen LogP contribution in [0.1, 0.15) is 303 Å². The number of carbonyl (C=O) groups excluding carboxylic acids is 2. The highest BCUT2D eigenvalue weighted by Crippen LogP contribution is 2.17. The predicted molar refractivity (Wildman–Crippen MR) is 283 cm³/mol. The van der Waals surface area contributed by atoms with Crippen LogP contribution < -0.4 is 5.32 Å². The number of aliphatic hydroxyl groups is 2. The molecule has 0 aliphatic heterocycles. The van der Waals surface area contributed by atoms with Crippen LogP contribution in [0.15, 0.2) is 36.5 Å². The van der Waals surface area contributed by atoms with Crippen molar-refractivity contribution in [3.63, 3.8) is 0 Å². The summed E-state index contributed by atoms with van der Waals surface area (Å²) in [5.74, 6) is -0.0804. The second kappa shape index (κ2) is 54.7. The second-order valence-corrected chi connectivity index (χ2v) is 19.6. The summed E-state index contributed by atoms with van der Waals surface area (Å²) in [6.07, 6.45) is 67.3. The van der Waals surface area contributed by atoms with Gasteiger partial charge in [0.25, 0.3) is 0 Å². The molecule has 0 aromatic heterocycles. The number of hydrogen-bond acceptors (Lipinski definition) is 5. The zero-order valence-corrected chi connectivity index (χ0v) is 43.5. The summed E-state index contributed by atoms with van der Waals surface area (Å²) < 4.78 is 5.42. The van der Waals surface area contributed by atoms with E-state index >= 15 is 0 Å². The summed E-state index contributed by atoms with van der Waals surface area (Å²) in [5.41, 5.74) is 0. The fourth-order valence-electron chi connectivity index (χ4n) is 8.77. The minimum Gasteiger partial charge on any atom is -0.465 e. The van der Waals surface area contributed by atoms with E-state index in [2.05, 4.69) is 55.6 Å². The Balaban J connectivity index is 3.43. The molecule has 382 valence electrons. The third kappa shape index (κ3) is 51.3. The molecule has 6 nitrogen and oxygen atoms in total. The van der Waals surface area contributed by atoms with Gasteiger partial charge >= 0.3 is 5.97 Å². The lowest BCUT2D eigenvalue weighted by molar-refractivity contribution is -0.143. The van der Waals surface area contributed by atoms with E-state index in [-0.39, 0.29) is 18.5 Å². The van der Waals surface area contributed by atoms with Crippen LogP contribution in [0.25, 0.3) is 0 Å². The zero-order chi connectivity index (χ0) is 47.2. The summed E-state index contributed by atoms with van der Waals surface area (Å²) in [4.78, 5) is 24.5. The monoisotopic (exact) mass is 914 g/mol. The van der Waals surface area contributed by atoms with E-state index in [0.29, 0.717) is 25.9 Å². The molecule has 1 amide bonds. The van der Waals surface area contributed by atoms with Crippen LogP contribution in [0.4, 0.5) is 0 Å². The van der Waals surface area contributed by atoms with Crippen LogP contribution in [0.3, 0.4) is 0 Å². The van der Waals surface area contributed by atoms with Gasteiger partial charge in [-0.3, -0.25) is 9.59 Å². The molecule has 3 N–H and O–H groups in total. The first-order valence-electron chi connectivity index (χ1n) is 28.7. The van der Waals surface area contributed by atoms with Gasteiger partial charge in [-0.15, -0.1) is 0 Å². The van der Waals surface area contributed by atoms with E-state index in [9.17, 15) is 19.8 Å². The van der Waals surface area contributed by atoms with Crippen LogP contribution in [0.5, 0.6) is 0 Å². The third-order valence-electron chi connectivity index (χ3n) is 13.2. The van der Waals surface area contributed by atoms with E-state index in [1.54, 1.807) is 0 Å². The highest BCUT2D eigenvalue weighted by atomic mass is 16.5. The first-order valence-corrected chi connectivity index (χ1v) is 28.7. The number of esters is 1. The molecule has 0 aliphatic rings. The average Bonchev–Trinajstić information content (AvgIpc) is 3.31. The quantitative estimate of drug-likeness (QED) is 0.0321. The van der Waals surface area contributed by atoms with Crippen molar-refractivity contribution in [2.45, 2.75) is 315 Å². The molecule has 0 heterocycles. The van der Waals surface area contributed by atoms with E-state index < -0.39 is 12.1 Å². The maximum Gasteiger partial charge on any atom is 0.305 e. The van der Waals surface area contributed by atoms with E-state index in [1.807, 2.05) is 0 Å². The van der Waals surface area contributed by atoms with Gasteiger partial charge < -0.3 is 20.3 Å². The van der Waals surface area contributed by atoms with Gasteiger partial charge in [0.05, 0.1) is 25.4 Å². The summed E-state index contributed by atoms with van der Waals surface area (Å²) in [7, 11) is 0. The Bertz CT molecular complexity index is 1060. The Morgan fingerprint density at radius 2 is 0.769 bits per heavy atom. The number of carbonyl (C=O) groups is 2. The SMILES string of the molecule is CCCCCCCC/C=C\CCCCCCCCCC(=O)OCC/C=C\C/C=C\CCCCCCCCCCCCCCCCC(=O)NC(CO)C(O)CCCCCCCCCCCC. The number of rotatable bonds is 53. The molecule has 0 rings (SSSR count). The molecule has 6 heteroatoms. The van der Waals surface area contributed by atoms with Crippen molar-refractivity contribution in [3.8, 4) is 0 Å². The Morgan fingerprint density at radius 3 is 1.18 bits per heavy atom. The number of nitrogens with one attached hydrogen (secondary N) is 1. The Hall–Kier alpha value is -1.92. The number of ether oxygens (including phenoxy) is 1. The molecule has 2 unspecified atom stereocenters. The lowest BCUT2D eigenvalue weighted by atomic mass is 10.0. The molecule has 2 atom stereocenters. The van der Waals surface area contributed by atoms with Crippen molar-refractivity contribution >= 4 is 11.9 Å². The van der Waals surface area contributed by atoms with Crippen molar-refractivity contribution in [3.05, 3.63) is 36.5 Å². The molecule has 0 saturated carbocycles. The number of allylic oxidation sites excluding steroid dienone is 5. The van der Waals surface area contributed by atoms with Crippen molar-refractivity contribution < 1.29 is 24.5 Å². The Morgan fingerprint density at radius 1 is 0.431 bits per heavy atom. The van der Waals surface area contributed by atoms with Crippen LogP contribution >= 0.6 is 0 Å². The van der Waals surface area contributed by atoms with Crippen LogP contribution in [-0.4, -0.2) is 47.4 Å². The van der Waals surface area contributed by atoms with Gasteiger partial charge in [0, 0.05) is 12.8 Å². The first-order chi connectivity index (χ1) is 32.0. The molecule has 65 heavy (non-hydrogen) atoms. The second-order valence-electron chi connectivity index (χ2n) is 19.6. The van der Waals surface area contributed by atoms with Gasteiger partial charge in [-0.2, -0.15) is 0 Å². The fourth-order valence-corrected chi connectivity index (χ4v) is 8.77. The smallest absolute Gasteiger partial charge is 0.305 e. The van der Waals surface area contributed by atoms with Crippen molar-refractivity contribution in [2.75, 3.05) is 13.2 Å². The Kier molecular flexibility index (Phi) is 53.1. The van der Waals surface area contributed by atoms with Gasteiger partial charge in [-0.25, -0.2) is 0 Å². The van der Waals surface area contributed by atoms with Gasteiger partial charge in [-0.05, 0) is 70.6 Å². The van der Waals surface area contributed by atoms with Gasteiger partial charge in [0.1, 0.15) is 0 Å². The summed E-state index contributed by atoms with van der Waals surface area (Å²) >= 11 is 0. The minimum atomic E-state index is -0.666. The van der Waals surface area contributed by atoms with Crippen molar-refractivity contribution in [2.24, 2.45) is 0 Å². The van der Waals surface area contributed by atoms with Crippen molar-refractivity contribution in [1.82, 2.24) is 5.32 Å². The molecule has 0 aromatic rings. The van der Waals surface area contributed by atoms with E-state index in [0.717, 1.165) is 51.4 Å². The predicted octanol–water partition coefficient (Wildman–Crippen LogP) is 17.6. The average molecular weight is 915 g/mol. The van der Waals surface area contributed by atoms with Gasteiger partial charge in [0.2, 0.25) is 5.91 Å². The molecule has 0 spiro atoms. The topological polar surface area (TPSA) is 95.9 Å². The standard InChI is InChI=1S/C59H111NO5/c1-3-5-7-9-11-13-15-16-17-23-27-30-33-37-41-45-49-53-59(64)65-54-50-46-42-38-34-31-28-25-22-20-18-19-21-24-26-29-32-36-40-44-48-52-58(63)60-56(55-61)57(62)51-47-43-39-35-14-12-10-8-6-4-2/h16-17,31,34,42,46,56-57,61-62H,3-15,18-30,32-33,35-41,43-45,47-55H2,1-2H3,(H,60,63)/b17-16-,34-31-,46-42-. The molecule has 0 bridgehead atoms. The van der Waals surface area contributed by atoms with Crippen LogP contribution in [0, 0.1) is 0 Å². The third-order valence-corrected chi connectivity index (χ3v) is 13.2. The molecular formula is C59H111NO5. The van der Waals surface area contributed by atoms with Gasteiger partial charge in [0.15, 0.2) is 0 Å². The van der Waals surface area contributed by atoms with Crippen LogP contribution in [0.2, 0.25) is 0 Å². The fraction of sp³-hybridized carbons (Fsp3) is 0.864. The van der Waals surface area contributed by atoms with E-state index in [4.69, 9.17) is 4.74 Å². The maximum absolute atomic E-state index is 12.4.